The smallest absolute Gasteiger partial charge is 0.396 e. The normalized spacial score (nSPS) is 10.5. The molecular weight excluding hydrogens is 284 g/mol. The predicted octanol–water partition coefficient (Wildman–Crippen LogP) is 1.06. The molecular formula is C16H18N2O4. The molecule has 116 valence electrons. The largest absolute Gasteiger partial charge is 0.459 e. The number of rotatable bonds is 4. The molecule has 0 atom stereocenters. The first-order valence-corrected chi connectivity index (χ1v) is 7.08. The number of H-pyrrole nitrogens is 1. The lowest BCUT2D eigenvalue weighted by atomic mass is 10.1. The van der Waals surface area contributed by atoms with Gasteiger partial charge in [-0.1, -0.05) is 12.1 Å². The van der Waals surface area contributed by atoms with Gasteiger partial charge < -0.3 is 15.0 Å². The van der Waals surface area contributed by atoms with E-state index in [1.165, 1.54) is 0 Å². The van der Waals surface area contributed by atoms with Gasteiger partial charge in [0.2, 0.25) is 0 Å². The van der Waals surface area contributed by atoms with Gasteiger partial charge in [-0.15, -0.1) is 0 Å². The highest BCUT2D eigenvalue weighted by Gasteiger charge is 2.13. The van der Waals surface area contributed by atoms with Crippen LogP contribution in [0.1, 0.15) is 18.1 Å². The number of ether oxygens (including phenoxy) is 1. The molecule has 2 rings (SSSR count). The number of hydrogen-bond acceptors (Lipinski definition) is 4. The molecule has 1 heterocycles. The minimum absolute atomic E-state index is 0.149. The molecule has 6 nitrogen and oxygen atoms in total. The number of aryl methyl sites for hydroxylation is 1. The number of nitrogens with one attached hydrogen (secondary N) is 2. The van der Waals surface area contributed by atoms with Gasteiger partial charge >= 0.3 is 11.9 Å². The fraction of sp³-hybridized carbons (Fsp3) is 0.312. The van der Waals surface area contributed by atoms with Crippen molar-refractivity contribution in [3.05, 3.63) is 45.7 Å². The van der Waals surface area contributed by atoms with Crippen LogP contribution < -0.4 is 10.9 Å². The minimum atomic E-state index is -0.912. The molecule has 0 spiro atoms. The first-order valence-electron chi connectivity index (χ1n) is 7.08. The van der Waals surface area contributed by atoms with E-state index in [0.29, 0.717) is 12.0 Å². The van der Waals surface area contributed by atoms with Gasteiger partial charge in [-0.2, -0.15) is 0 Å². The van der Waals surface area contributed by atoms with Crippen molar-refractivity contribution in [1.82, 2.24) is 10.3 Å². The van der Waals surface area contributed by atoms with Gasteiger partial charge in [0.25, 0.3) is 5.56 Å². The molecule has 0 bridgehead atoms. The maximum absolute atomic E-state index is 12.0. The molecule has 1 aromatic heterocycles. The summed E-state index contributed by atoms with van der Waals surface area (Å²) in [6.07, 6.45) is 0.338. The van der Waals surface area contributed by atoms with E-state index >= 15 is 0 Å². The van der Waals surface area contributed by atoms with Crippen LogP contribution in [0.25, 0.3) is 10.9 Å². The van der Waals surface area contributed by atoms with Gasteiger partial charge in [0.05, 0.1) is 6.61 Å². The molecule has 1 aromatic carbocycles. The van der Waals surface area contributed by atoms with Gasteiger partial charge in [0.15, 0.2) is 0 Å². The number of aromatic nitrogens is 1. The Morgan fingerprint density at radius 3 is 2.77 bits per heavy atom. The van der Waals surface area contributed by atoms with Crippen LogP contribution in [0.3, 0.4) is 0 Å². The van der Waals surface area contributed by atoms with Gasteiger partial charge in [-0.25, -0.2) is 4.79 Å². The van der Waals surface area contributed by atoms with E-state index in [2.05, 4.69) is 15.0 Å². The van der Waals surface area contributed by atoms with Crippen molar-refractivity contribution in [2.45, 2.75) is 20.3 Å². The van der Waals surface area contributed by atoms with Crippen molar-refractivity contribution in [2.24, 2.45) is 0 Å². The zero-order valence-electron chi connectivity index (χ0n) is 12.6. The topological polar surface area (TPSA) is 88.3 Å². The number of amides is 1. The quantitative estimate of drug-likeness (QED) is 0.653. The van der Waals surface area contributed by atoms with E-state index < -0.39 is 11.9 Å². The van der Waals surface area contributed by atoms with E-state index in [1.807, 2.05) is 25.1 Å². The van der Waals surface area contributed by atoms with Crippen molar-refractivity contribution in [3.8, 4) is 0 Å². The fourth-order valence-electron chi connectivity index (χ4n) is 2.13. The van der Waals surface area contributed by atoms with Crippen LogP contribution in [0.4, 0.5) is 0 Å². The van der Waals surface area contributed by atoms with Crippen molar-refractivity contribution in [2.75, 3.05) is 13.2 Å². The summed E-state index contributed by atoms with van der Waals surface area (Å²) in [5.41, 5.74) is 2.21. The average molecular weight is 302 g/mol. The summed E-state index contributed by atoms with van der Waals surface area (Å²) in [5, 5.41) is 3.36. The molecule has 0 fully saturated rings. The lowest BCUT2D eigenvalue weighted by molar-refractivity contribution is -0.154. The van der Waals surface area contributed by atoms with Crippen LogP contribution >= 0.6 is 0 Å². The Hall–Kier alpha value is -2.63. The lowest BCUT2D eigenvalue weighted by Gasteiger charge is -2.06. The van der Waals surface area contributed by atoms with Crippen LogP contribution in [0.5, 0.6) is 0 Å². The van der Waals surface area contributed by atoms with Gasteiger partial charge in [0, 0.05) is 17.6 Å². The third kappa shape index (κ3) is 3.72. The predicted molar refractivity (Wildman–Crippen MR) is 82.7 cm³/mol. The fourth-order valence-corrected chi connectivity index (χ4v) is 2.13. The molecule has 2 aromatic rings. The third-order valence-corrected chi connectivity index (χ3v) is 3.22. The third-order valence-electron chi connectivity index (χ3n) is 3.22. The molecule has 1 amide bonds. The number of esters is 1. The van der Waals surface area contributed by atoms with Gasteiger partial charge in [-0.05, 0) is 43.4 Å². The van der Waals surface area contributed by atoms with Gasteiger partial charge in [0.1, 0.15) is 0 Å². The highest BCUT2D eigenvalue weighted by Crippen LogP contribution is 2.13. The van der Waals surface area contributed by atoms with Crippen molar-refractivity contribution < 1.29 is 14.3 Å². The molecule has 6 heteroatoms. The lowest BCUT2D eigenvalue weighted by Crippen LogP contribution is -2.34. The highest BCUT2D eigenvalue weighted by molar-refractivity contribution is 6.32. The molecule has 22 heavy (non-hydrogen) atoms. The molecule has 0 saturated carbocycles. The number of carbonyl (C=O) groups excluding carboxylic acids is 2. The zero-order chi connectivity index (χ0) is 16.1. The van der Waals surface area contributed by atoms with Crippen molar-refractivity contribution >= 4 is 22.8 Å². The molecule has 0 unspecified atom stereocenters. The van der Waals surface area contributed by atoms with Crippen LogP contribution in [0.15, 0.2) is 29.1 Å². The number of carbonyl (C=O) groups is 2. The summed E-state index contributed by atoms with van der Waals surface area (Å²) >= 11 is 0. The number of hydrogen-bond donors (Lipinski definition) is 2. The first-order chi connectivity index (χ1) is 10.5. The molecule has 0 radical (unpaired) electrons. The zero-order valence-corrected chi connectivity index (χ0v) is 12.6. The number of fused-ring (bicyclic) bond motifs is 1. The monoisotopic (exact) mass is 302 g/mol. The summed E-state index contributed by atoms with van der Waals surface area (Å²) in [7, 11) is 0. The Morgan fingerprint density at radius 2 is 2.05 bits per heavy atom. The molecule has 0 saturated heterocycles. The van der Waals surface area contributed by atoms with Gasteiger partial charge in [-0.3, -0.25) is 9.59 Å². The second-order valence-electron chi connectivity index (χ2n) is 4.94. The molecule has 0 aliphatic heterocycles. The first kappa shape index (κ1) is 15.8. The van der Waals surface area contributed by atoms with Crippen LogP contribution in [0.2, 0.25) is 0 Å². The second kappa shape index (κ2) is 6.89. The molecule has 0 aliphatic carbocycles. The van der Waals surface area contributed by atoms with E-state index in [9.17, 15) is 14.4 Å². The Kier molecular flexibility index (Phi) is 4.93. The summed E-state index contributed by atoms with van der Waals surface area (Å²) in [4.78, 5) is 37.4. The maximum Gasteiger partial charge on any atom is 0.396 e. The molecule has 2 N–H and O–H groups in total. The Bertz CT molecular complexity index is 764. The van der Waals surface area contributed by atoms with Crippen molar-refractivity contribution in [1.29, 1.82) is 0 Å². The van der Waals surface area contributed by atoms with Crippen LogP contribution in [0, 0.1) is 6.92 Å². The molecule has 0 aliphatic rings. The highest BCUT2D eigenvalue weighted by atomic mass is 16.5. The van der Waals surface area contributed by atoms with E-state index in [4.69, 9.17) is 0 Å². The summed E-state index contributed by atoms with van der Waals surface area (Å²) < 4.78 is 4.58. The van der Waals surface area contributed by atoms with Crippen LogP contribution in [-0.4, -0.2) is 30.0 Å². The number of benzene rings is 1. The van der Waals surface area contributed by atoms with E-state index in [0.717, 1.165) is 16.5 Å². The van der Waals surface area contributed by atoms with E-state index in [1.54, 1.807) is 13.0 Å². The Labute approximate surface area is 127 Å². The Balaban J connectivity index is 2.04. The van der Waals surface area contributed by atoms with E-state index in [-0.39, 0.29) is 18.7 Å². The summed E-state index contributed by atoms with van der Waals surface area (Å²) in [6, 6.07) is 7.60. The SMILES string of the molecule is CCOC(=O)C(=O)NCCc1cc2ccc(C)cc2[nH]c1=O. The Morgan fingerprint density at radius 1 is 1.27 bits per heavy atom. The number of pyridine rings is 1. The summed E-state index contributed by atoms with van der Waals surface area (Å²) in [5.74, 6) is -1.71. The van der Waals surface area contributed by atoms with Crippen molar-refractivity contribution in [3.63, 3.8) is 0 Å². The average Bonchev–Trinajstić information content (AvgIpc) is 2.48. The van der Waals surface area contributed by atoms with Crippen LogP contribution in [-0.2, 0) is 20.7 Å². The standard InChI is InChI=1S/C16H18N2O4/c1-3-22-16(21)15(20)17-7-6-12-9-11-5-4-10(2)8-13(11)18-14(12)19/h4-5,8-9H,3,6-7H2,1-2H3,(H,17,20)(H,18,19). The maximum atomic E-state index is 12.0. The second-order valence-corrected chi connectivity index (χ2v) is 4.94. The minimum Gasteiger partial charge on any atom is -0.459 e. The number of aromatic amines is 1. The summed E-state index contributed by atoms with van der Waals surface area (Å²) in [6.45, 7) is 3.92.